The molecule has 240 valence electrons. The predicted octanol–water partition coefficient (Wildman–Crippen LogP) is 4.42. The SMILES string of the molecule is CC(=O)c1ccc(S(=O)(=O)NC(=O)NC2CCCCC2)cc1.CC(=O)c1ccc(S(=O)(=O)NC(=O)NC2CCCCC2)cc1. The molecule has 0 atom stereocenters. The van der Waals surface area contributed by atoms with Crippen molar-refractivity contribution in [3.05, 3.63) is 59.7 Å². The van der Waals surface area contributed by atoms with Crippen molar-refractivity contribution in [3.63, 3.8) is 0 Å². The maximum Gasteiger partial charge on any atom is 0.328 e. The summed E-state index contributed by atoms with van der Waals surface area (Å²) < 4.78 is 52.4. The molecular weight excluding hydrogens is 608 g/mol. The molecule has 0 aliphatic heterocycles. The van der Waals surface area contributed by atoms with E-state index in [1.165, 1.54) is 62.4 Å². The highest BCUT2D eigenvalue weighted by molar-refractivity contribution is 7.90. The summed E-state index contributed by atoms with van der Waals surface area (Å²) in [6.07, 6.45) is 9.99. The molecule has 4 amide bonds. The summed E-state index contributed by atoms with van der Waals surface area (Å²) in [6, 6.07) is 9.61. The highest BCUT2D eigenvalue weighted by Crippen LogP contribution is 2.19. The van der Waals surface area contributed by atoms with Gasteiger partial charge in [0.05, 0.1) is 9.79 Å². The normalized spacial score (nSPS) is 16.0. The zero-order valence-corrected chi connectivity index (χ0v) is 26.6. The molecule has 12 nitrogen and oxygen atoms in total. The topological polar surface area (TPSA) is 185 Å². The lowest BCUT2D eigenvalue weighted by molar-refractivity contribution is 0.100. The summed E-state index contributed by atoms with van der Waals surface area (Å²) in [4.78, 5) is 45.9. The third-order valence-electron chi connectivity index (χ3n) is 7.48. The van der Waals surface area contributed by atoms with E-state index in [2.05, 4.69) is 10.6 Å². The van der Waals surface area contributed by atoms with Crippen LogP contribution in [0.5, 0.6) is 0 Å². The summed E-state index contributed by atoms with van der Waals surface area (Å²) in [5.41, 5.74) is 0.844. The lowest BCUT2D eigenvalue weighted by atomic mass is 9.96. The van der Waals surface area contributed by atoms with Gasteiger partial charge < -0.3 is 10.6 Å². The number of benzene rings is 2. The Bertz CT molecular complexity index is 1410. The second-order valence-electron chi connectivity index (χ2n) is 11.0. The van der Waals surface area contributed by atoms with E-state index in [0.717, 1.165) is 64.2 Å². The van der Waals surface area contributed by atoms with Gasteiger partial charge in [-0.05, 0) is 63.8 Å². The first-order valence-electron chi connectivity index (χ1n) is 14.7. The minimum Gasteiger partial charge on any atom is -0.335 e. The Labute approximate surface area is 258 Å². The van der Waals surface area contributed by atoms with Crippen molar-refractivity contribution in [3.8, 4) is 0 Å². The molecule has 0 bridgehead atoms. The number of hydrogen-bond donors (Lipinski definition) is 4. The number of amides is 4. The third kappa shape index (κ3) is 10.7. The maximum atomic E-state index is 12.1. The molecule has 2 aliphatic rings. The van der Waals surface area contributed by atoms with Crippen LogP contribution in [0.15, 0.2) is 58.3 Å². The number of hydrogen-bond acceptors (Lipinski definition) is 8. The van der Waals surface area contributed by atoms with E-state index in [1.54, 1.807) is 0 Å². The van der Waals surface area contributed by atoms with E-state index in [9.17, 15) is 36.0 Å². The lowest BCUT2D eigenvalue weighted by Crippen LogP contribution is -2.45. The molecule has 44 heavy (non-hydrogen) atoms. The summed E-state index contributed by atoms with van der Waals surface area (Å²) in [5.74, 6) is -0.293. The van der Waals surface area contributed by atoms with Crippen molar-refractivity contribution < 1.29 is 36.0 Å². The summed E-state index contributed by atoms with van der Waals surface area (Å²) >= 11 is 0. The van der Waals surface area contributed by atoms with Crippen LogP contribution in [0.3, 0.4) is 0 Å². The van der Waals surface area contributed by atoms with Crippen LogP contribution in [0.4, 0.5) is 9.59 Å². The molecule has 4 rings (SSSR count). The fraction of sp³-hybridized carbons (Fsp3) is 0.467. The second-order valence-corrected chi connectivity index (χ2v) is 14.4. The summed E-state index contributed by atoms with van der Waals surface area (Å²) in [7, 11) is -7.85. The van der Waals surface area contributed by atoms with Crippen molar-refractivity contribution in [1.82, 2.24) is 20.1 Å². The zero-order valence-electron chi connectivity index (χ0n) is 24.9. The van der Waals surface area contributed by atoms with Crippen molar-refractivity contribution in [2.45, 2.75) is 99.9 Å². The van der Waals surface area contributed by atoms with Crippen molar-refractivity contribution >= 4 is 43.7 Å². The highest BCUT2D eigenvalue weighted by Gasteiger charge is 2.22. The van der Waals surface area contributed by atoms with Gasteiger partial charge in [0.15, 0.2) is 11.6 Å². The first kappa shape index (κ1) is 34.7. The minimum absolute atomic E-state index is 0.0315. The molecule has 2 saturated carbocycles. The van der Waals surface area contributed by atoms with Crippen LogP contribution < -0.4 is 20.1 Å². The van der Waals surface area contributed by atoms with E-state index >= 15 is 0 Å². The van der Waals surface area contributed by atoms with Crippen molar-refractivity contribution in [2.75, 3.05) is 0 Å². The Kier molecular flexibility index (Phi) is 12.5. The fourth-order valence-corrected chi connectivity index (χ4v) is 6.85. The Morgan fingerprint density at radius 1 is 0.523 bits per heavy atom. The largest absolute Gasteiger partial charge is 0.335 e. The Hall–Kier alpha value is -3.78. The Morgan fingerprint density at radius 3 is 1.09 bits per heavy atom. The van der Waals surface area contributed by atoms with Gasteiger partial charge in [0, 0.05) is 23.2 Å². The van der Waals surface area contributed by atoms with Crippen molar-refractivity contribution in [2.24, 2.45) is 0 Å². The number of urea groups is 2. The average molecular weight is 649 g/mol. The highest BCUT2D eigenvalue weighted by atomic mass is 32.2. The van der Waals surface area contributed by atoms with Gasteiger partial charge in [-0.1, -0.05) is 62.8 Å². The number of nitrogens with one attached hydrogen (secondary N) is 4. The van der Waals surface area contributed by atoms with Gasteiger partial charge in [-0.3, -0.25) is 9.59 Å². The molecule has 0 spiro atoms. The van der Waals surface area contributed by atoms with Gasteiger partial charge in [0.2, 0.25) is 0 Å². The molecule has 2 aromatic rings. The number of carbonyl (C=O) groups excluding carboxylic acids is 4. The van der Waals surface area contributed by atoms with Gasteiger partial charge in [-0.2, -0.15) is 0 Å². The molecule has 0 heterocycles. The standard InChI is InChI=1S/2C15H20N2O4S/c2*1-11(18)12-7-9-14(10-8-12)22(20,21)17-15(19)16-13-5-3-2-4-6-13/h2*7-10,13H,2-6H2,1H3,(H2,16,17,19). The van der Waals surface area contributed by atoms with Crippen LogP contribution in [0.2, 0.25) is 0 Å². The number of carbonyl (C=O) groups is 4. The summed E-state index contributed by atoms with van der Waals surface area (Å²) in [5, 5.41) is 5.38. The van der Waals surface area contributed by atoms with Crippen molar-refractivity contribution in [1.29, 1.82) is 0 Å². The van der Waals surface area contributed by atoms with Crippen LogP contribution >= 0.6 is 0 Å². The lowest BCUT2D eigenvalue weighted by Gasteiger charge is -2.22. The van der Waals surface area contributed by atoms with Gasteiger partial charge in [0.25, 0.3) is 20.0 Å². The number of ketones is 2. The smallest absolute Gasteiger partial charge is 0.328 e. The van der Waals surface area contributed by atoms with Crippen LogP contribution in [0.25, 0.3) is 0 Å². The molecule has 2 fully saturated rings. The van der Waals surface area contributed by atoms with Crippen LogP contribution in [-0.2, 0) is 20.0 Å². The summed E-state index contributed by atoms with van der Waals surface area (Å²) in [6.45, 7) is 2.80. The maximum absolute atomic E-state index is 12.1. The van der Waals surface area contributed by atoms with E-state index < -0.39 is 32.1 Å². The van der Waals surface area contributed by atoms with Crippen LogP contribution in [0.1, 0.15) is 98.8 Å². The van der Waals surface area contributed by atoms with E-state index in [4.69, 9.17) is 0 Å². The predicted molar refractivity (Wildman–Crippen MR) is 164 cm³/mol. The number of sulfonamides is 2. The Morgan fingerprint density at radius 2 is 0.818 bits per heavy atom. The molecular formula is C30H40N4O8S2. The van der Waals surface area contributed by atoms with E-state index in [0.29, 0.717) is 11.1 Å². The molecule has 0 saturated heterocycles. The molecule has 0 radical (unpaired) electrons. The van der Waals surface area contributed by atoms with Gasteiger partial charge in [-0.15, -0.1) is 0 Å². The molecule has 2 aromatic carbocycles. The van der Waals surface area contributed by atoms with Gasteiger partial charge in [-0.25, -0.2) is 35.9 Å². The minimum atomic E-state index is -3.93. The number of Topliss-reactive ketones (excluding diaryl/α,β-unsaturated/α-hetero) is 2. The van der Waals surface area contributed by atoms with Gasteiger partial charge >= 0.3 is 12.1 Å². The molecule has 14 heteroatoms. The third-order valence-corrected chi connectivity index (χ3v) is 10.2. The second kappa shape index (κ2) is 15.8. The van der Waals surface area contributed by atoms with Crippen LogP contribution in [-0.4, -0.2) is 52.5 Å². The monoisotopic (exact) mass is 648 g/mol. The first-order chi connectivity index (χ1) is 20.8. The first-order valence-corrected chi connectivity index (χ1v) is 17.6. The molecule has 2 aliphatic carbocycles. The zero-order chi connectivity index (χ0) is 32.3. The van der Waals surface area contributed by atoms with E-state index in [-0.39, 0.29) is 33.4 Å². The fourth-order valence-electron chi connectivity index (χ4n) is 5.02. The average Bonchev–Trinajstić information content (AvgIpc) is 2.98. The molecule has 0 unspecified atom stereocenters. The number of rotatable bonds is 8. The Balaban J connectivity index is 0.000000240. The van der Waals surface area contributed by atoms with Crippen LogP contribution in [0, 0.1) is 0 Å². The van der Waals surface area contributed by atoms with Gasteiger partial charge in [0.1, 0.15) is 0 Å². The molecule has 0 aromatic heterocycles. The molecule has 4 N–H and O–H groups in total. The van der Waals surface area contributed by atoms with E-state index in [1.807, 2.05) is 9.44 Å². The quantitative estimate of drug-likeness (QED) is 0.303.